The molecule has 0 fully saturated rings. The maximum absolute atomic E-state index is 13.8. The molecule has 0 saturated heterocycles. The topological polar surface area (TPSA) is 42.7 Å². The van der Waals surface area contributed by atoms with E-state index < -0.39 is 0 Å². The van der Waals surface area contributed by atoms with Crippen molar-refractivity contribution in [2.75, 3.05) is 6.54 Å². The summed E-state index contributed by atoms with van der Waals surface area (Å²) in [5.41, 5.74) is 1.72. The van der Waals surface area contributed by atoms with Crippen LogP contribution in [0.1, 0.15) is 29.7 Å². The second-order valence-corrected chi connectivity index (χ2v) is 4.57. The van der Waals surface area contributed by atoms with Gasteiger partial charge in [0.1, 0.15) is 17.5 Å². The Morgan fingerprint density at radius 1 is 1.32 bits per heavy atom. The van der Waals surface area contributed by atoms with Gasteiger partial charge in [-0.1, -0.05) is 13.0 Å². The molecular formula is C14H19FN4. The van der Waals surface area contributed by atoms with E-state index in [1.807, 2.05) is 26.8 Å². The fourth-order valence-corrected chi connectivity index (χ4v) is 2.00. The Kier molecular flexibility index (Phi) is 4.27. The first kappa shape index (κ1) is 13.7. The van der Waals surface area contributed by atoms with Crippen LogP contribution in [0.15, 0.2) is 18.2 Å². The van der Waals surface area contributed by atoms with Crippen LogP contribution in [0.5, 0.6) is 0 Å². The molecule has 1 N–H and O–H groups in total. The van der Waals surface area contributed by atoms with Crippen LogP contribution in [0.4, 0.5) is 4.39 Å². The summed E-state index contributed by atoms with van der Waals surface area (Å²) in [5, 5.41) is 7.50. The number of halogens is 1. The summed E-state index contributed by atoms with van der Waals surface area (Å²) >= 11 is 0. The van der Waals surface area contributed by atoms with Gasteiger partial charge in [0.15, 0.2) is 0 Å². The SMILES string of the molecule is CCNCc1ccc(F)c(Cn2nc(C)nc2C)c1. The molecule has 2 rings (SSSR count). The summed E-state index contributed by atoms with van der Waals surface area (Å²) in [5.74, 6) is 1.31. The number of nitrogens with zero attached hydrogens (tertiary/aromatic N) is 3. The zero-order chi connectivity index (χ0) is 13.8. The van der Waals surface area contributed by atoms with E-state index in [0.29, 0.717) is 17.9 Å². The van der Waals surface area contributed by atoms with Crippen molar-refractivity contribution < 1.29 is 4.39 Å². The summed E-state index contributed by atoms with van der Waals surface area (Å²) in [6.45, 7) is 7.82. The largest absolute Gasteiger partial charge is 0.313 e. The predicted octanol–water partition coefficient (Wildman–Crippen LogP) is 2.19. The van der Waals surface area contributed by atoms with E-state index in [2.05, 4.69) is 15.4 Å². The first-order chi connectivity index (χ1) is 9.10. The Hall–Kier alpha value is -1.75. The summed E-state index contributed by atoms with van der Waals surface area (Å²) in [7, 11) is 0. The molecule has 0 aliphatic carbocycles. The highest BCUT2D eigenvalue weighted by molar-refractivity contribution is 5.25. The number of nitrogens with one attached hydrogen (secondary N) is 1. The Labute approximate surface area is 112 Å². The van der Waals surface area contributed by atoms with Crippen molar-refractivity contribution in [2.45, 2.75) is 33.9 Å². The fraction of sp³-hybridized carbons (Fsp3) is 0.429. The van der Waals surface area contributed by atoms with Gasteiger partial charge >= 0.3 is 0 Å². The summed E-state index contributed by atoms with van der Waals surface area (Å²) < 4.78 is 15.6. The van der Waals surface area contributed by atoms with E-state index in [0.717, 1.165) is 24.5 Å². The Morgan fingerprint density at radius 2 is 2.11 bits per heavy atom. The fourth-order valence-electron chi connectivity index (χ4n) is 2.00. The highest BCUT2D eigenvalue weighted by atomic mass is 19.1. The third kappa shape index (κ3) is 3.38. The average molecular weight is 262 g/mol. The van der Waals surface area contributed by atoms with Crippen LogP contribution in [0.25, 0.3) is 0 Å². The van der Waals surface area contributed by atoms with Crippen LogP contribution < -0.4 is 5.32 Å². The lowest BCUT2D eigenvalue weighted by molar-refractivity contribution is 0.575. The lowest BCUT2D eigenvalue weighted by atomic mass is 10.1. The Morgan fingerprint density at radius 3 is 2.74 bits per heavy atom. The van der Waals surface area contributed by atoms with Gasteiger partial charge < -0.3 is 5.32 Å². The molecule has 19 heavy (non-hydrogen) atoms. The molecule has 0 radical (unpaired) electrons. The van der Waals surface area contributed by atoms with E-state index in [4.69, 9.17) is 0 Å². The minimum atomic E-state index is -0.201. The second kappa shape index (κ2) is 5.93. The molecule has 1 heterocycles. The molecule has 0 unspecified atom stereocenters. The molecule has 0 aliphatic rings. The first-order valence-corrected chi connectivity index (χ1v) is 6.46. The number of benzene rings is 1. The van der Waals surface area contributed by atoms with Gasteiger partial charge in [-0.15, -0.1) is 0 Å². The van der Waals surface area contributed by atoms with Crippen molar-refractivity contribution in [3.63, 3.8) is 0 Å². The van der Waals surface area contributed by atoms with Crippen molar-refractivity contribution in [2.24, 2.45) is 0 Å². The number of rotatable bonds is 5. The van der Waals surface area contributed by atoms with Crippen LogP contribution in [-0.2, 0) is 13.1 Å². The number of aryl methyl sites for hydroxylation is 2. The molecule has 0 spiro atoms. The minimum Gasteiger partial charge on any atom is -0.313 e. The van der Waals surface area contributed by atoms with Gasteiger partial charge in [0, 0.05) is 12.1 Å². The first-order valence-electron chi connectivity index (χ1n) is 6.46. The zero-order valence-electron chi connectivity index (χ0n) is 11.6. The minimum absolute atomic E-state index is 0.201. The quantitative estimate of drug-likeness (QED) is 0.898. The van der Waals surface area contributed by atoms with Gasteiger partial charge in [-0.2, -0.15) is 5.10 Å². The molecule has 0 atom stereocenters. The van der Waals surface area contributed by atoms with Gasteiger partial charge in [0.25, 0.3) is 0 Å². The molecule has 1 aromatic carbocycles. The molecule has 102 valence electrons. The summed E-state index contributed by atoms with van der Waals surface area (Å²) in [4.78, 5) is 4.23. The van der Waals surface area contributed by atoms with E-state index in [1.54, 1.807) is 10.7 Å². The van der Waals surface area contributed by atoms with E-state index in [1.165, 1.54) is 6.07 Å². The van der Waals surface area contributed by atoms with Crippen molar-refractivity contribution in [3.05, 3.63) is 46.8 Å². The lowest BCUT2D eigenvalue weighted by Crippen LogP contribution is -2.13. The van der Waals surface area contributed by atoms with Crippen LogP contribution in [0.2, 0.25) is 0 Å². The van der Waals surface area contributed by atoms with Gasteiger partial charge in [0.05, 0.1) is 6.54 Å². The normalized spacial score (nSPS) is 10.9. The van der Waals surface area contributed by atoms with Gasteiger partial charge in [-0.05, 0) is 38.1 Å². The van der Waals surface area contributed by atoms with Crippen LogP contribution in [0.3, 0.4) is 0 Å². The molecule has 0 aliphatic heterocycles. The third-order valence-corrected chi connectivity index (χ3v) is 2.97. The molecule has 0 saturated carbocycles. The van der Waals surface area contributed by atoms with E-state index >= 15 is 0 Å². The molecule has 5 heteroatoms. The van der Waals surface area contributed by atoms with Crippen LogP contribution in [0, 0.1) is 19.7 Å². The summed E-state index contributed by atoms with van der Waals surface area (Å²) in [6.07, 6.45) is 0. The zero-order valence-corrected chi connectivity index (χ0v) is 11.6. The molecule has 0 amide bonds. The molecular weight excluding hydrogens is 243 g/mol. The van der Waals surface area contributed by atoms with Gasteiger partial charge in [-0.3, -0.25) is 0 Å². The molecule has 0 bridgehead atoms. The monoisotopic (exact) mass is 262 g/mol. The summed E-state index contributed by atoms with van der Waals surface area (Å²) in [6, 6.07) is 5.20. The standard InChI is InChI=1S/C14H19FN4/c1-4-16-8-12-5-6-14(15)13(7-12)9-19-11(3)17-10(2)18-19/h5-7,16H,4,8-9H2,1-3H3. The van der Waals surface area contributed by atoms with Crippen LogP contribution in [-0.4, -0.2) is 21.3 Å². The number of hydrogen-bond acceptors (Lipinski definition) is 3. The van der Waals surface area contributed by atoms with Gasteiger partial charge in [0.2, 0.25) is 0 Å². The Bertz CT molecular complexity index is 563. The maximum Gasteiger partial charge on any atom is 0.147 e. The van der Waals surface area contributed by atoms with E-state index in [-0.39, 0.29) is 5.82 Å². The van der Waals surface area contributed by atoms with Crippen molar-refractivity contribution in [3.8, 4) is 0 Å². The molecule has 4 nitrogen and oxygen atoms in total. The highest BCUT2D eigenvalue weighted by Crippen LogP contribution is 2.13. The number of hydrogen-bond donors (Lipinski definition) is 1. The lowest BCUT2D eigenvalue weighted by Gasteiger charge is -2.08. The Balaban J connectivity index is 2.21. The second-order valence-electron chi connectivity index (χ2n) is 4.57. The maximum atomic E-state index is 13.8. The van der Waals surface area contributed by atoms with Crippen molar-refractivity contribution >= 4 is 0 Å². The van der Waals surface area contributed by atoms with Gasteiger partial charge in [-0.25, -0.2) is 14.1 Å². The molecule has 1 aromatic heterocycles. The van der Waals surface area contributed by atoms with Crippen molar-refractivity contribution in [1.29, 1.82) is 0 Å². The number of aromatic nitrogens is 3. The van der Waals surface area contributed by atoms with Crippen LogP contribution >= 0.6 is 0 Å². The third-order valence-electron chi connectivity index (χ3n) is 2.97. The molecule has 2 aromatic rings. The smallest absolute Gasteiger partial charge is 0.147 e. The van der Waals surface area contributed by atoms with E-state index in [9.17, 15) is 4.39 Å². The predicted molar refractivity (Wildman–Crippen MR) is 72.4 cm³/mol. The average Bonchev–Trinajstić information content (AvgIpc) is 2.69. The van der Waals surface area contributed by atoms with Crippen molar-refractivity contribution in [1.82, 2.24) is 20.1 Å². The highest BCUT2D eigenvalue weighted by Gasteiger charge is 2.08.